The number of aromatic nitrogens is 2. The maximum absolute atomic E-state index is 11.7. The van der Waals surface area contributed by atoms with Gasteiger partial charge in [0, 0.05) is 30.1 Å². The highest BCUT2D eigenvalue weighted by Crippen LogP contribution is 2.10. The number of carbonyl (C=O) groups excluding carboxylic acids is 1. The first-order valence-electron chi connectivity index (χ1n) is 6.95. The summed E-state index contributed by atoms with van der Waals surface area (Å²) >= 11 is 1.70. The van der Waals surface area contributed by atoms with Gasteiger partial charge in [0.2, 0.25) is 5.91 Å². The number of nitrogens with zero attached hydrogens (tertiary/aromatic N) is 2. The van der Waals surface area contributed by atoms with Crippen LogP contribution in [0.1, 0.15) is 29.1 Å². The van der Waals surface area contributed by atoms with Crippen LogP contribution in [0.3, 0.4) is 0 Å². The molecule has 1 N–H and O–H groups in total. The summed E-state index contributed by atoms with van der Waals surface area (Å²) in [5, 5.41) is 9.41. The zero-order valence-electron chi connectivity index (χ0n) is 12.1. The lowest BCUT2D eigenvalue weighted by molar-refractivity contribution is -0.121. The molecule has 1 amide bonds. The SMILES string of the molecule is Cc1cc(C)n(CCCNC(=O)CCc2cccs2)n1. The summed E-state index contributed by atoms with van der Waals surface area (Å²) in [6.45, 7) is 5.61. The molecule has 0 aliphatic carbocycles. The first-order chi connectivity index (χ1) is 9.65. The Hall–Kier alpha value is -1.62. The molecule has 4 nitrogen and oxygen atoms in total. The van der Waals surface area contributed by atoms with E-state index in [1.165, 1.54) is 10.6 Å². The Morgan fingerprint density at radius 1 is 1.45 bits per heavy atom. The largest absolute Gasteiger partial charge is 0.356 e. The van der Waals surface area contributed by atoms with Crippen molar-refractivity contribution in [2.45, 2.75) is 39.7 Å². The maximum atomic E-state index is 11.7. The van der Waals surface area contributed by atoms with Crippen LogP contribution in [0.15, 0.2) is 23.6 Å². The third-order valence-corrected chi connectivity index (χ3v) is 4.09. The summed E-state index contributed by atoms with van der Waals surface area (Å²) in [5.41, 5.74) is 2.22. The van der Waals surface area contributed by atoms with E-state index >= 15 is 0 Å². The van der Waals surface area contributed by atoms with Gasteiger partial charge in [0.1, 0.15) is 0 Å². The van der Waals surface area contributed by atoms with Gasteiger partial charge in [0.25, 0.3) is 0 Å². The number of carbonyl (C=O) groups is 1. The fourth-order valence-electron chi connectivity index (χ4n) is 2.14. The van der Waals surface area contributed by atoms with Crippen molar-refractivity contribution < 1.29 is 4.79 Å². The molecule has 2 heterocycles. The highest BCUT2D eigenvalue weighted by atomic mass is 32.1. The molecule has 0 aliphatic heterocycles. The summed E-state index contributed by atoms with van der Waals surface area (Å²) in [5.74, 6) is 0.131. The molecule has 0 aliphatic rings. The van der Waals surface area contributed by atoms with Crippen molar-refractivity contribution in [2.24, 2.45) is 0 Å². The number of hydrogen-bond acceptors (Lipinski definition) is 3. The summed E-state index contributed by atoms with van der Waals surface area (Å²) in [7, 11) is 0. The highest BCUT2D eigenvalue weighted by molar-refractivity contribution is 7.09. The van der Waals surface area contributed by atoms with Crippen LogP contribution in [0.4, 0.5) is 0 Å². The minimum absolute atomic E-state index is 0.131. The molecule has 0 spiro atoms. The molecule has 2 aromatic heterocycles. The molecule has 0 bridgehead atoms. The number of hydrogen-bond donors (Lipinski definition) is 1. The van der Waals surface area contributed by atoms with Gasteiger partial charge in [-0.15, -0.1) is 11.3 Å². The summed E-state index contributed by atoms with van der Waals surface area (Å²) in [4.78, 5) is 13.0. The van der Waals surface area contributed by atoms with E-state index in [2.05, 4.69) is 29.5 Å². The zero-order valence-corrected chi connectivity index (χ0v) is 12.9. The van der Waals surface area contributed by atoms with Crippen LogP contribution >= 0.6 is 11.3 Å². The molecule has 5 heteroatoms. The van der Waals surface area contributed by atoms with E-state index in [1.807, 2.05) is 23.1 Å². The van der Waals surface area contributed by atoms with Crippen molar-refractivity contribution in [1.29, 1.82) is 0 Å². The van der Waals surface area contributed by atoms with Crippen LogP contribution in [-0.2, 0) is 17.8 Å². The third-order valence-electron chi connectivity index (χ3n) is 3.15. The van der Waals surface area contributed by atoms with Crippen molar-refractivity contribution in [2.75, 3.05) is 6.54 Å². The molecule has 0 saturated heterocycles. The molecule has 0 saturated carbocycles. The van der Waals surface area contributed by atoms with Crippen molar-refractivity contribution in [3.63, 3.8) is 0 Å². The third kappa shape index (κ3) is 4.49. The van der Waals surface area contributed by atoms with E-state index in [9.17, 15) is 4.79 Å². The molecular weight excluding hydrogens is 270 g/mol. The van der Waals surface area contributed by atoms with Gasteiger partial charge in [0.05, 0.1) is 5.69 Å². The van der Waals surface area contributed by atoms with Crippen molar-refractivity contribution >= 4 is 17.2 Å². The summed E-state index contributed by atoms with van der Waals surface area (Å²) in [6.07, 6.45) is 2.31. The molecule has 0 fully saturated rings. The van der Waals surface area contributed by atoms with E-state index in [-0.39, 0.29) is 5.91 Å². The van der Waals surface area contributed by atoms with Crippen molar-refractivity contribution in [1.82, 2.24) is 15.1 Å². The summed E-state index contributed by atoms with van der Waals surface area (Å²) in [6, 6.07) is 6.16. The fraction of sp³-hybridized carbons (Fsp3) is 0.467. The molecule has 2 aromatic rings. The Labute approximate surface area is 123 Å². The molecule has 0 atom stereocenters. The zero-order chi connectivity index (χ0) is 14.4. The minimum atomic E-state index is 0.131. The van der Waals surface area contributed by atoms with E-state index in [1.54, 1.807) is 11.3 Å². The first-order valence-corrected chi connectivity index (χ1v) is 7.83. The number of rotatable bonds is 7. The Morgan fingerprint density at radius 2 is 2.30 bits per heavy atom. The second-order valence-corrected chi connectivity index (χ2v) is 5.97. The van der Waals surface area contributed by atoms with Gasteiger partial charge < -0.3 is 5.32 Å². The smallest absolute Gasteiger partial charge is 0.220 e. The number of nitrogens with one attached hydrogen (secondary N) is 1. The molecule has 20 heavy (non-hydrogen) atoms. The van der Waals surface area contributed by atoms with Crippen LogP contribution in [-0.4, -0.2) is 22.2 Å². The molecule has 0 aromatic carbocycles. The summed E-state index contributed by atoms with van der Waals surface area (Å²) < 4.78 is 1.99. The first kappa shape index (κ1) is 14.8. The van der Waals surface area contributed by atoms with Gasteiger partial charge in [-0.2, -0.15) is 5.10 Å². The van der Waals surface area contributed by atoms with Gasteiger partial charge in [-0.05, 0) is 44.2 Å². The van der Waals surface area contributed by atoms with Crippen LogP contribution in [0.5, 0.6) is 0 Å². The number of amides is 1. The normalized spacial score (nSPS) is 10.7. The molecule has 108 valence electrons. The minimum Gasteiger partial charge on any atom is -0.356 e. The van der Waals surface area contributed by atoms with E-state index < -0.39 is 0 Å². The molecule has 2 rings (SSSR count). The Balaban J connectivity index is 1.61. The van der Waals surface area contributed by atoms with E-state index in [4.69, 9.17) is 0 Å². The monoisotopic (exact) mass is 291 g/mol. The number of aryl methyl sites for hydroxylation is 4. The quantitative estimate of drug-likeness (QED) is 0.797. The van der Waals surface area contributed by atoms with E-state index in [0.29, 0.717) is 13.0 Å². The average Bonchev–Trinajstić information content (AvgIpc) is 3.02. The Morgan fingerprint density at radius 3 is 2.95 bits per heavy atom. The second kappa shape index (κ2) is 7.24. The molecule has 0 unspecified atom stereocenters. The van der Waals surface area contributed by atoms with Gasteiger partial charge in [-0.25, -0.2) is 0 Å². The van der Waals surface area contributed by atoms with Crippen LogP contribution in [0, 0.1) is 13.8 Å². The lowest BCUT2D eigenvalue weighted by Crippen LogP contribution is -2.25. The van der Waals surface area contributed by atoms with Gasteiger partial charge in [0.15, 0.2) is 0 Å². The molecule has 0 radical (unpaired) electrons. The van der Waals surface area contributed by atoms with Crippen LogP contribution < -0.4 is 5.32 Å². The topological polar surface area (TPSA) is 46.9 Å². The van der Waals surface area contributed by atoms with Gasteiger partial charge in [-0.1, -0.05) is 6.07 Å². The predicted molar refractivity (Wildman–Crippen MR) is 82.0 cm³/mol. The second-order valence-electron chi connectivity index (χ2n) is 4.93. The maximum Gasteiger partial charge on any atom is 0.220 e. The van der Waals surface area contributed by atoms with Gasteiger partial charge >= 0.3 is 0 Å². The number of thiophene rings is 1. The van der Waals surface area contributed by atoms with Crippen molar-refractivity contribution in [3.05, 3.63) is 39.8 Å². The lowest BCUT2D eigenvalue weighted by Gasteiger charge is -2.06. The van der Waals surface area contributed by atoms with E-state index in [0.717, 1.165) is 25.1 Å². The fourth-order valence-corrected chi connectivity index (χ4v) is 2.85. The van der Waals surface area contributed by atoms with Crippen molar-refractivity contribution in [3.8, 4) is 0 Å². The average molecular weight is 291 g/mol. The van der Waals surface area contributed by atoms with Gasteiger partial charge in [-0.3, -0.25) is 9.48 Å². The Bertz CT molecular complexity index is 545. The lowest BCUT2D eigenvalue weighted by atomic mass is 10.2. The predicted octanol–water partition coefficient (Wildman–Crippen LogP) is 2.70. The van der Waals surface area contributed by atoms with Crippen LogP contribution in [0.25, 0.3) is 0 Å². The standard InChI is InChI=1S/C15H21N3OS/c1-12-11-13(2)18(17-12)9-4-8-16-15(19)7-6-14-5-3-10-20-14/h3,5,10-11H,4,6-9H2,1-2H3,(H,16,19). The molecular formula is C15H21N3OS. The highest BCUT2D eigenvalue weighted by Gasteiger charge is 2.03. The van der Waals surface area contributed by atoms with Crippen LogP contribution in [0.2, 0.25) is 0 Å². The Kier molecular flexibility index (Phi) is 5.35.